The number of nitrogens with one attached hydrogen (secondary N) is 1. The smallest absolute Gasteiger partial charge is 0.251 e. The fraction of sp³-hybridized carbons (Fsp3) is 0.440. The number of nitrogens with zero attached hydrogens (tertiary/aromatic N) is 3. The van der Waals surface area contributed by atoms with E-state index < -0.39 is 0 Å². The molecule has 1 spiro atoms. The molecule has 2 aromatic rings. The topological polar surface area (TPSA) is 104 Å². The number of amidine groups is 1. The van der Waals surface area contributed by atoms with E-state index in [4.69, 9.17) is 16.1 Å². The van der Waals surface area contributed by atoms with E-state index in [-0.39, 0.29) is 17.8 Å². The predicted octanol–water partition coefficient (Wildman–Crippen LogP) is 4.28. The maximum absolute atomic E-state index is 12.6. The summed E-state index contributed by atoms with van der Waals surface area (Å²) in [6.45, 7) is 2.44. The van der Waals surface area contributed by atoms with Crippen LogP contribution >= 0.6 is 0 Å². The Hall–Kier alpha value is -3.06. The first-order valence-electron chi connectivity index (χ1n) is 11.4. The van der Waals surface area contributed by atoms with E-state index in [1.165, 1.54) is 12.0 Å². The Morgan fingerprint density at radius 2 is 1.72 bits per heavy atom. The van der Waals surface area contributed by atoms with E-state index in [0.717, 1.165) is 62.1 Å². The zero-order valence-corrected chi connectivity index (χ0v) is 18.2. The number of rotatable bonds is 4. The highest BCUT2D eigenvalue weighted by molar-refractivity contribution is 5.99. The Morgan fingerprint density at radius 1 is 1.06 bits per heavy atom. The van der Waals surface area contributed by atoms with Gasteiger partial charge in [-0.05, 0) is 60.1 Å². The van der Waals surface area contributed by atoms with Crippen LogP contribution in [0.4, 0.5) is 0 Å². The van der Waals surface area contributed by atoms with Gasteiger partial charge < -0.3 is 15.5 Å². The highest BCUT2D eigenvalue weighted by atomic mass is 16.5. The first-order chi connectivity index (χ1) is 15.6. The van der Waals surface area contributed by atoms with E-state index in [9.17, 15) is 4.79 Å². The van der Waals surface area contributed by atoms with Crippen LogP contribution in [-0.2, 0) is 9.53 Å². The second-order valence-electron chi connectivity index (χ2n) is 9.21. The van der Waals surface area contributed by atoms with Gasteiger partial charge in [-0.1, -0.05) is 48.5 Å². The molecule has 7 nitrogen and oxygen atoms in total. The Morgan fingerprint density at radius 3 is 2.28 bits per heavy atom. The molecule has 3 aliphatic rings. The van der Waals surface area contributed by atoms with Crippen molar-refractivity contribution >= 4 is 11.7 Å². The van der Waals surface area contributed by atoms with Crippen LogP contribution in [0.1, 0.15) is 49.1 Å². The molecule has 2 atom stereocenters. The fourth-order valence-corrected chi connectivity index (χ4v) is 5.41. The van der Waals surface area contributed by atoms with Gasteiger partial charge in [0.05, 0.1) is 0 Å². The minimum atomic E-state index is -0.198. The third-order valence-electron chi connectivity index (χ3n) is 7.48. The molecule has 1 saturated carbocycles. The summed E-state index contributed by atoms with van der Waals surface area (Å²) < 4.78 is 5.59. The Bertz CT molecular complexity index is 1020. The molecule has 1 aliphatic carbocycles. The summed E-state index contributed by atoms with van der Waals surface area (Å²) in [7, 11) is 0. The van der Waals surface area contributed by atoms with Gasteiger partial charge in [-0.3, -0.25) is 4.79 Å². The zero-order valence-electron chi connectivity index (χ0n) is 18.2. The van der Waals surface area contributed by atoms with Crippen molar-refractivity contribution < 1.29 is 9.53 Å². The standard InChI is InChI=1S/C25H29N5O2/c26-28-23(29-27)20-9-5-18(6-10-20)17-3-7-19(8-4-17)21-16-25(21)11-13-30(14-12-25)24(31)22-2-1-15-32-22/h3-10,21-22,26H,1-2,11-16,27H2/b28-26?,29-23-/t21-,22-/m1/s1. The maximum atomic E-state index is 12.6. The summed E-state index contributed by atoms with van der Waals surface area (Å²) in [6, 6.07) is 16.6. The number of piperidine rings is 1. The molecular formula is C25H29N5O2. The number of hydrogen-bond donors (Lipinski definition) is 2. The van der Waals surface area contributed by atoms with Crippen molar-refractivity contribution in [1.29, 1.82) is 5.53 Å². The molecule has 2 heterocycles. The Balaban J connectivity index is 1.20. The van der Waals surface area contributed by atoms with Crippen LogP contribution in [-0.4, -0.2) is 42.4 Å². The quantitative estimate of drug-likeness (QED) is 0.248. The first-order valence-corrected chi connectivity index (χ1v) is 11.4. The molecule has 0 unspecified atom stereocenters. The number of carbonyl (C=O) groups excluding carboxylic acids is 1. The van der Waals surface area contributed by atoms with Gasteiger partial charge >= 0.3 is 0 Å². The van der Waals surface area contributed by atoms with E-state index in [2.05, 4.69) is 34.5 Å². The number of likely N-dealkylation sites (tertiary alicyclic amines) is 1. The Kier molecular flexibility index (Phi) is 5.51. The van der Waals surface area contributed by atoms with Crippen LogP contribution in [0.2, 0.25) is 0 Å². The highest BCUT2D eigenvalue weighted by Crippen LogP contribution is 2.65. The molecule has 5 rings (SSSR count). The lowest BCUT2D eigenvalue weighted by molar-refractivity contribution is -0.142. The molecule has 1 amide bonds. The minimum Gasteiger partial charge on any atom is -0.368 e. The van der Waals surface area contributed by atoms with E-state index in [0.29, 0.717) is 11.3 Å². The molecule has 3 fully saturated rings. The number of hydrazone groups is 1. The third-order valence-corrected chi connectivity index (χ3v) is 7.48. The summed E-state index contributed by atoms with van der Waals surface area (Å²) >= 11 is 0. The van der Waals surface area contributed by atoms with Crippen LogP contribution in [0.5, 0.6) is 0 Å². The molecule has 0 radical (unpaired) electrons. The number of ether oxygens (including phenoxy) is 1. The van der Waals surface area contributed by atoms with Crippen LogP contribution < -0.4 is 5.84 Å². The lowest BCUT2D eigenvalue weighted by Crippen LogP contribution is -2.44. The number of benzene rings is 2. The number of hydrogen-bond acceptors (Lipinski definition) is 5. The van der Waals surface area contributed by atoms with Crippen molar-refractivity contribution in [3.8, 4) is 11.1 Å². The zero-order chi connectivity index (χ0) is 22.1. The van der Waals surface area contributed by atoms with E-state index in [1.807, 2.05) is 29.2 Å². The molecule has 32 heavy (non-hydrogen) atoms. The van der Waals surface area contributed by atoms with Crippen molar-refractivity contribution in [2.45, 2.75) is 44.1 Å². The van der Waals surface area contributed by atoms with Crippen molar-refractivity contribution in [2.75, 3.05) is 19.7 Å². The summed E-state index contributed by atoms with van der Waals surface area (Å²) in [6.07, 6.45) is 5.08. The molecular weight excluding hydrogens is 402 g/mol. The van der Waals surface area contributed by atoms with Gasteiger partial charge in [0.1, 0.15) is 6.10 Å². The average molecular weight is 432 g/mol. The first kappa shape index (κ1) is 20.8. The average Bonchev–Trinajstić information content (AvgIpc) is 3.26. The summed E-state index contributed by atoms with van der Waals surface area (Å²) in [4.78, 5) is 14.6. The van der Waals surface area contributed by atoms with E-state index >= 15 is 0 Å². The third kappa shape index (κ3) is 3.81. The van der Waals surface area contributed by atoms with Crippen molar-refractivity contribution in [1.82, 2.24) is 4.90 Å². The molecule has 3 N–H and O–H groups in total. The van der Waals surface area contributed by atoms with Gasteiger partial charge in [-0.2, -0.15) is 5.10 Å². The second kappa shape index (κ2) is 8.47. The van der Waals surface area contributed by atoms with Crippen LogP contribution in [0, 0.1) is 10.9 Å². The largest absolute Gasteiger partial charge is 0.368 e. The fourth-order valence-electron chi connectivity index (χ4n) is 5.41. The molecule has 2 aromatic carbocycles. The summed E-state index contributed by atoms with van der Waals surface area (Å²) in [5.41, 5.74) is 11.9. The predicted molar refractivity (Wildman–Crippen MR) is 122 cm³/mol. The molecule has 0 bridgehead atoms. The second-order valence-corrected chi connectivity index (χ2v) is 9.21. The van der Waals surface area contributed by atoms with Gasteiger partial charge in [0.25, 0.3) is 5.91 Å². The molecule has 2 aliphatic heterocycles. The van der Waals surface area contributed by atoms with Gasteiger partial charge in [0.2, 0.25) is 0 Å². The van der Waals surface area contributed by atoms with Crippen molar-refractivity contribution in [2.24, 2.45) is 21.5 Å². The number of amides is 1. The summed E-state index contributed by atoms with van der Waals surface area (Å²) in [5, 5.41) is 6.87. The summed E-state index contributed by atoms with van der Waals surface area (Å²) in [5.74, 6) is 6.29. The lowest BCUT2D eigenvalue weighted by Gasteiger charge is -2.34. The monoisotopic (exact) mass is 431 g/mol. The number of nitrogens with two attached hydrogens (primary N) is 1. The van der Waals surface area contributed by atoms with Gasteiger partial charge in [-0.25, -0.2) is 5.53 Å². The molecule has 166 valence electrons. The highest BCUT2D eigenvalue weighted by Gasteiger charge is 2.55. The van der Waals surface area contributed by atoms with Crippen LogP contribution in [0.25, 0.3) is 11.1 Å². The van der Waals surface area contributed by atoms with Crippen molar-refractivity contribution in [3.05, 3.63) is 59.7 Å². The SMILES string of the molecule is N=N/C(=N\N)c1ccc(-c2ccc([C@H]3CC34CCN(C(=O)[C@H]3CCCO3)CC4)cc2)cc1. The van der Waals surface area contributed by atoms with E-state index in [1.54, 1.807) is 0 Å². The van der Waals surface area contributed by atoms with Gasteiger partial charge in [0, 0.05) is 25.3 Å². The van der Waals surface area contributed by atoms with Gasteiger partial charge in [0.15, 0.2) is 5.84 Å². The van der Waals surface area contributed by atoms with Crippen molar-refractivity contribution in [3.63, 3.8) is 0 Å². The van der Waals surface area contributed by atoms with Crippen LogP contribution in [0.15, 0.2) is 58.7 Å². The van der Waals surface area contributed by atoms with Gasteiger partial charge in [-0.15, -0.1) is 5.11 Å². The molecule has 2 saturated heterocycles. The lowest BCUT2D eigenvalue weighted by atomic mass is 9.88. The molecule has 7 heteroatoms. The Labute approximate surface area is 188 Å². The number of carbonyl (C=O) groups is 1. The minimum absolute atomic E-state index is 0.198. The normalized spacial score (nSPS) is 24.5. The maximum Gasteiger partial charge on any atom is 0.251 e. The molecule has 0 aromatic heterocycles. The van der Waals surface area contributed by atoms with Crippen LogP contribution in [0.3, 0.4) is 0 Å².